The summed E-state index contributed by atoms with van der Waals surface area (Å²) >= 11 is 1.59. The first-order valence-electron chi connectivity index (χ1n) is 6.94. The number of nitrogens with zero attached hydrogens (tertiary/aromatic N) is 1. The second-order valence-corrected chi connectivity index (χ2v) is 6.31. The fourth-order valence-corrected chi connectivity index (χ4v) is 3.11. The number of benzene rings is 1. The molecule has 21 heavy (non-hydrogen) atoms. The van der Waals surface area contributed by atoms with E-state index in [1.54, 1.807) is 18.4 Å². The van der Waals surface area contributed by atoms with Crippen molar-refractivity contribution in [2.45, 2.75) is 40.0 Å². The highest BCUT2D eigenvalue weighted by atomic mass is 32.1. The van der Waals surface area contributed by atoms with Crippen LogP contribution < -0.4 is 10.5 Å². The molecule has 2 aromatic rings. The van der Waals surface area contributed by atoms with Crippen LogP contribution in [0.25, 0.3) is 0 Å². The standard InChI is InChI=1S/C16H22N2O2S/c1-10-5-6-14(11(2)7-10)20-9-15-18-13(8-19-4)16(21-15)12(3)17/h5-7,12H,8-9,17H2,1-4H3. The SMILES string of the molecule is COCc1nc(COc2ccc(C)cc2C)sc1C(C)N. The molecule has 114 valence electrons. The van der Waals surface area contributed by atoms with Crippen LogP contribution in [0.3, 0.4) is 0 Å². The van der Waals surface area contributed by atoms with Crippen LogP contribution in [-0.2, 0) is 18.0 Å². The number of hydrogen-bond acceptors (Lipinski definition) is 5. The maximum atomic E-state index is 5.98. The molecule has 0 aliphatic rings. The van der Waals surface area contributed by atoms with Gasteiger partial charge in [-0.3, -0.25) is 0 Å². The number of rotatable bonds is 6. The van der Waals surface area contributed by atoms with Gasteiger partial charge in [-0.05, 0) is 32.4 Å². The number of methoxy groups -OCH3 is 1. The molecule has 0 aliphatic heterocycles. The van der Waals surface area contributed by atoms with E-state index >= 15 is 0 Å². The minimum absolute atomic E-state index is 0.0393. The van der Waals surface area contributed by atoms with Crippen molar-refractivity contribution in [3.8, 4) is 5.75 Å². The quantitative estimate of drug-likeness (QED) is 0.887. The number of ether oxygens (including phenoxy) is 2. The molecule has 0 spiro atoms. The molecule has 0 saturated carbocycles. The summed E-state index contributed by atoms with van der Waals surface area (Å²) in [6.45, 7) is 7.02. The Labute approximate surface area is 129 Å². The Morgan fingerprint density at radius 1 is 1.29 bits per heavy atom. The topological polar surface area (TPSA) is 57.4 Å². The molecule has 1 atom stereocenters. The first-order valence-corrected chi connectivity index (χ1v) is 7.76. The molecular formula is C16H22N2O2S. The van der Waals surface area contributed by atoms with Gasteiger partial charge in [-0.1, -0.05) is 17.7 Å². The summed E-state index contributed by atoms with van der Waals surface area (Å²) in [5.74, 6) is 0.895. The van der Waals surface area contributed by atoms with Gasteiger partial charge in [0.05, 0.1) is 12.3 Å². The molecule has 5 heteroatoms. The summed E-state index contributed by atoms with van der Waals surface area (Å²) in [5.41, 5.74) is 9.26. The Morgan fingerprint density at radius 3 is 2.67 bits per heavy atom. The van der Waals surface area contributed by atoms with Crippen molar-refractivity contribution in [2.75, 3.05) is 7.11 Å². The third-order valence-corrected chi connectivity index (χ3v) is 4.42. The summed E-state index contributed by atoms with van der Waals surface area (Å²) in [7, 11) is 1.66. The van der Waals surface area contributed by atoms with E-state index in [0.717, 1.165) is 26.9 Å². The molecule has 1 aromatic carbocycles. The summed E-state index contributed by atoms with van der Waals surface area (Å²) < 4.78 is 11.0. The molecule has 4 nitrogen and oxygen atoms in total. The second-order valence-electron chi connectivity index (χ2n) is 5.20. The van der Waals surface area contributed by atoms with E-state index in [1.807, 2.05) is 26.0 Å². The Hall–Kier alpha value is -1.43. The van der Waals surface area contributed by atoms with E-state index in [9.17, 15) is 0 Å². The normalized spacial score (nSPS) is 12.4. The minimum Gasteiger partial charge on any atom is -0.486 e. The lowest BCUT2D eigenvalue weighted by Crippen LogP contribution is -2.06. The van der Waals surface area contributed by atoms with Crippen molar-refractivity contribution < 1.29 is 9.47 Å². The van der Waals surface area contributed by atoms with Gasteiger partial charge in [-0.15, -0.1) is 11.3 Å². The van der Waals surface area contributed by atoms with Gasteiger partial charge in [0.1, 0.15) is 17.4 Å². The van der Waals surface area contributed by atoms with E-state index in [2.05, 4.69) is 18.0 Å². The summed E-state index contributed by atoms with van der Waals surface area (Å²) in [5, 5.41) is 0.925. The van der Waals surface area contributed by atoms with Crippen LogP contribution in [0.2, 0.25) is 0 Å². The molecule has 0 fully saturated rings. The zero-order valence-corrected chi connectivity index (χ0v) is 13.8. The zero-order valence-electron chi connectivity index (χ0n) is 13.0. The van der Waals surface area contributed by atoms with Crippen LogP contribution in [0.1, 0.15) is 39.7 Å². The van der Waals surface area contributed by atoms with Crippen LogP contribution in [0, 0.1) is 13.8 Å². The maximum Gasteiger partial charge on any atom is 0.140 e. The number of aryl methyl sites for hydroxylation is 2. The van der Waals surface area contributed by atoms with E-state index in [-0.39, 0.29) is 6.04 Å². The van der Waals surface area contributed by atoms with E-state index in [0.29, 0.717) is 13.2 Å². The number of aromatic nitrogens is 1. The fraction of sp³-hybridized carbons (Fsp3) is 0.438. The van der Waals surface area contributed by atoms with Crippen LogP contribution in [0.15, 0.2) is 18.2 Å². The molecule has 1 heterocycles. The lowest BCUT2D eigenvalue weighted by molar-refractivity contribution is 0.180. The lowest BCUT2D eigenvalue weighted by atomic mass is 10.1. The van der Waals surface area contributed by atoms with Crippen LogP contribution in [0.4, 0.5) is 0 Å². The Bertz CT molecular complexity index is 608. The average Bonchev–Trinajstić information content (AvgIpc) is 2.81. The smallest absolute Gasteiger partial charge is 0.140 e. The first kappa shape index (κ1) is 15.9. The third kappa shape index (κ3) is 4.03. The van der Waals surface area contributed by atoms with E-state index in [4.69, 9.17) is 15.2 Å². The van der Waals surface area contributed by atoms with E-state index in [1.165, 1.54) is 5.56 Å². The van der Waals surface area contributed by atoms with Crippen molar-refractivity contribution in [1.82, 2.24) is 4.98 Å². The monoisotopic (exact) mass is 306 g/mol. The Balaban J connectivity index is 2.11. The maximum absolute atomic E-state index is 5.98. The van der Waals surface area contributed by atoms with Crippen molar-refractivity contribution in [1.29, 1.82) is 0 Å². The third-order valence-electron chi connectivity index (χ3n) is 3.15. The van der Waals surface area contributed by atoms with Crippen molar-refractivity contribution in [2.24, 2.45) is 5.73 Å². The lowest BCUT2D eigenvalue weighted by Gasteiger charge is -2.08. The largest absolute Gasteiger partial charge is 0.486 e. The minimum atomic E-state index is -0.0393. The van der Waals surface area contributed by atoms with Gasteiger partial charge in [0.25, 0.3) is 0 Å². The molecule has 0 radical (unpaired) electrons. The van der Waals surface area contributed by atoms with Gasteiger partial charge >= 0.3 is 0 Å². The summed E-state index contributed by atoms with van der Waals surface area (Å²) in [6.07, 6.45) is 0. The van der Waals surface area contributed by atoms with Crippen molar-refractivity contribution in [3.05, 3.63) is 44.9 Å². The van der Waals surface area contributed by atoms with E-state index < -0.39 is 0 Å². The van der Waals surface area contributed by atoms with Crippen LogP contribution >= 0.6 is 11.3 Å². The zero-order chi connectivity index (χ0) is 15.4. The number of nitrogens with two attached hydrogens (primary N) is 1. The van der Waals surface area contributed by atoms with Gasteiger partial charge in [0.2, 0.25) is 0 Å². The molecule has 2 rings (SSSR count). The molecule has 1 unspecified atom stereocenters. The Kier molecular flexibility index (Phi) is 5.33. The van der Waals surface area contributed by atoms with Crippen LogP contribution in [-0.4, -0.2) is 12.1 Å². The predicted octanol–water partition coefficient (Wildman–Crippen LogP) is 3.51. The van der Waals surface area contributed by atoms with Gasteiger partial charge in [-0.2, -0.15) is 0 Å². The molecule has 0 aliphatic carbocycles. The van der Waals surface area contributed by atoms with Crippen molar-refractivity contribution in [3.63, 3.8) is 0 Å². The molecule has 0 saturated heterocycles. The molecule has 1 aromatic heterocycles. The second kappa shape index (κ2) is 7.02. The van der Waals surface area contributed by atoms with Gasteiger partial charge in [-0.25, -0.2) is 4.98 Å². The summed E-state index contributed by atoms with van der Waals surface area (Å²) in [6, 6.07) is 6.12. The summed E-state index contributed by atoms with van der Waals surface area (Å²) in [4.78, 5) is 5.64. The molecule has 0 amide bonds. The van der Waals surface area contributed by atoms with Crippen molar-refractivity contribution >= 4 is 11.3 Å². The fourth-order valence-electron chi connectivity index (χ4n) is 2.17. The Morgan fingerprint density at radius 2 is 2.05 bits per heavy atom. The van der Waals surface area contributed by atoms with Gasteiger partial charge in [0, 0.05) is 18.0 Å². The highest BCUT2D eigenvalue weighted by Crippen LogP contribution is 2.26. The highest BCUT2D eigenvalue weighted by molar-refractivity contribution is 7.11. The first-order chi connectivity index (χ1) is 10.0. The van der Waals surface area contributed by atoms with Gasteiger partial charge in [0.15, 0.2) is 0 Å². The number of thiazole rings is 1. The number of hydrogen-bond donors (Lipinski definition) is 1. The molecule has 0 bridgehead atoms. The molecule has 2 N–H and O–H groups in total. The highest BCUT2D eigenvalue weighted by Gasteiger charge is 2.15. The van der Waals surface area contributed by atoms with Gasteiger partial charge < -0.3 is 15.2 Å². The average molecular weight is 306 g/mol. The van der Waals surface area contributed by atoms with Crippen LogP contribution in [0.5, 0.6) is 5.75 Å². The predicted molar refractivity (Wildman–Crippen MR) is 85.7 cm³/mol. The molecular weight excluding hydrogens is 284 g/mol.